The Hall–Kier alpha value is -2.97. The highest BCUT2D eigenvalue weighted by Gasteiger charge is 2.19. The Morgan fingerprint density at radius 3 is 2.36 bits per heavy atom. The third-order valence-corrected chi connectivity index (χ3v) is 6.93. The maximum Gasteiger partial charge on any atom is 0.338 e. The highest BCUT2D eigenvalue weighted by molar-refractivity contribution is 7.89. The molecule has 0 spiro atoms. The number of carbonyl (C=O) groups excluding carboxylic acids is 1. The van der Waals surface area contributed by atoms with Crippen molar-refractivity contribution in [1.82, 2.24) is 9.71 Å². The van der Waals surface area contributed by atoms with E-state index in [-0.39, 0.29) is 22.4 Å². The maximum absolute atomic E-state index is 12.7. The van der Waals surface area contributed by atoms with Crippen LogP contribution in [0.5, 0.6) is 0 Å². The average Bonchev–Trinajstić information content (AvgIpc) is 3.13. The number of benzene rings is 2. The summed E-state index contributed by atoms with van der Waals surface area (Å²) in [4.78, 5) is 16.4. The van der Waals surface area contributed by atoms with Crippen LogP contribution in [0.2, 0.25) is 0 Å². The van der Waals surface area contributed by atoms with Crippen LogP contribution in [0.3, 0.4) is 0 Å². The van der Waals surface area contributed by atoms with Crippen LogP contribution in [0, 0.1) is 13.8 Å². The quantitative estimate of drug-likeness (QED) is 0.508. The Bertz CT molecular complexity index is 1250. The van der Waals surface area contributed by atoms with Gasteiger partial charge >= 0.3 is 5.97 Å². The first-order valence-corrected chi connectivity index (χ1v) is 12.2. The Labute approximate surface area is 195 Å². The number of hydrogen-bond acceptors (Lipinski definition) is 6. The maximum atomic E-state index is 12.7. The number of esters is 1. The molecule has 1 heterocycles. The van der Waals surface area contributed by atoms with Gasteiger partial charge in [-0.2, -0.15) is 0 Å². The topological polar surface area (TPSA) is 98.5 Å². The monoisotopic (exact) mass is 470 g/mol. The molecule has 176 valence electrons. The van der Waals surface area contributed by atoms with E-state index in [0.29, 0.717) is 29.3 Å². The SMILES string of the molecule is COC(=O)c1cc(S(=O)(=O)NCCc2nc(-c3ccc(C(C)(C)C)cc3)oc2C)ccc1C. The minimum atomic E-state index is -3.80. The highest BCUT2D eigenvalue weighted by atomic mass is 32.2. The third-order valence-electron chi connectivity index (χ3n) is 5.47. The van der Waals surface area contributed by atoms with Gasteiger partial charge in [0.1, 0.15) is 5.76 Å². The van der Waals surface area contributed by atoms with Gasteiger partial charge < -0.3 is 9.15 Å². The molecule has 33 heavy (non-hydrogen) atoms. The van der Waals surface area contributed by atoms with Gasteiger partial charge in [-0.05, 0) is 54.7 Å². The molecular formula is C25H30N2O5S. The molecule has 0 fully saturated rings. The molecule has 0 aliphatic rings. The molecule has 0 saturated heterocycles. The molecule has 0 saturated carbocycles. The largest absolute Gasteiger partial charge is 0.465 e. The van der Waals surface area contributed by atoms with E-state index in [1.54, 1.807) is 13.0 Å². The summed E-state index contributed by atoms with van der Waals surface area (Å²) in [5.41, 5.74) is 3.69. The number of nitrogens with zero attached hydrogens (tertiary/aromatic N) is 1. The number of aromatic nitrogens is 1. The lowest BCUT2D eigenvalue weighted by molar-refractivity contribution is 0.0599. The van der Waals surface area contributed by atoms with E-state index >= 15 is 0 Å². The predicted molar refractivity (Wildman–Crippen MR) is 127 cm³/mol. The fourth-order valence-corrected chi connectivity index (χ4v) is 4.44. The van der Waals surface area contributed by atoms with Crippen molar-refractivity contribution in [3.05, 3.63) is 70.6 Å². The van der Waals surface area contributed by atoms with Crippen molar-refractivity contribution in [3.63, 3.8) is 0 Å². The van der Waals surface area contributed by atoms with Crippen LogP contribution in [0.15, 0.2) is 51.8 Å². The van der Waals surface area contributed by atoms with Gasteiger partial charge in [0.15, 0.2) is 0 Å². The van der Waals surface area contributed by atoms with Crippen LogP contribution in [0.25, 0.3) is 11.5 Å². The lowest BCUT2D eigenvalue weighted by Gasteiger charge is -2.18. The smallest absolute Gasteiger partial charge is 0.338 e. The lowest BCUT2D eigenvalue weighted by atomic mass is 9.87. The van der Waals surface area contributed by atoms with Gasteiger partial charge in [-0.1, -0.05) is 39.0 Å². The summed E-state index contributed by atoms with van der Waals surface area (Å²) in [7, 11) is -2.55. The van der Waals surface area contributed by atoms with Crippen molar-refractivity contribution in [1.29, 1.82) is 0 Å². The molecule has 0 aliphatic heterocycles. The zero-order valence-electron chi connectivity index (χ0n) is 19.9. The van der Waals surface area contributed by atoms with E-state index in [9.17, 15) is 13.2 Å². The fourth-order valence-electron chi connectivity index (χ4n) is 3.38. The fraction of sp³-hybridized carbons (Fsp3) is 0.360. The van der Waals surface area contributed by atoms with Crippen molar-refractivity contribution >= 4 is 16.0 Å². The predicted octanol–water partition coefficient (Wildman–Crippen LogP) is 4.56. The summed E-state index contributed by atoms with van der Waals surface area (Å²) < 4.78 is 38.5. The minimum Gasteiger partial charge on any atom is -0.465 e. The zero-order valence-corrected chi connectivity index (χ0v) is 20.7. The summed E-state index contributed by atoms with van der Waals surface area (Å²) in [6.45, 7) is 10.1. The second kappa shape index (κ2) is 9.49. The standard InChI is InChI=1S/C25H30N2O5S/c1-16-7-12-20(15-21(16)24(28)31-6)33(29,30)26-14-13-22-17(2)32-23(27-22)18-8-10-19(11-9-18)25(3,4)5/h7-12,15,26H,13-14H2,1-6H3. The van der Waals surface area contributed by atoms with E-state index in [1.165, 1.54) is 24.8 Å². The normalized spacial score (nSPS) is 12.1. The van der Waals surface area contributed by atoms with Crippen LogP contribution in [-0.4, -0.2) is 33.0 Å². The van der Waals surface area contributed by atoms with Crippen molar-refractivity contribution in [3.8, 4) is 11.5 Å². The molecule has 0 unspecified atom stereocenters. The number of carbonyl (C=O) groups is 1. The molecule has 3 rings (SSSR count). The Morgan fingerprint density at radius 1 is 1.09 bits per heavy atom. The number of rotatable bonds is 7. The molecular weight excluding hydrogens is 440 g/mol. The summed E-state index contributed by atoms with van der Waals surface area (Å²) in [5.74, 6) is 0.574. The van der Waals surface area contributed by atoms with Gasteiger partial charge in [-0.15, -0.1) is 0 Å². The Balaban J connectivity index is 1.70. The number of ether oxygens (including phenoxy) is 1. The van der Waals surface area contributed by atoms with Crippen LogP contribution < -0.4 is 4.72 Å². The first-order valence-electron chi connectivity index (χ1n) is 10.7. The number of oxazole rings is 1. The van der Waals surface area contributed by atoms with Crippen molar-refractivity contribution < 1.29 is 22.4 Å². The number of aryl methyl sites for hydroxylation is 2. The minimum absolute atomic E-state index is 0.00463. The number of methoxy groups -OCH3 is 1. The van der Waals surface area contributed by atoms with E-state index in [2.05, 4.69) is 42.6 Å². The number of hydrogen-bond donors (Lipinski definition) is 1. The van der Waals surface area contributed by atoms with Gasteiger partial charge in [0, 0.05) is 18.5 Å². The highest BCUT2D eigenvalue weighted by Crippen LogP contribution is 2.27. The molecule has 0 radical (unpaired) electrons. The second-order valence-corrected chi connectivity index (χ2v) is 10.7. The molecule has 8 heteroatoms. The van der Waals surface area contributed by atoms with E-state index in [1.807, 2.05) is 19.1 Å². The molecule has 7 nitrogen and oxygen atoms in total. The van der Waals surface area contributed by atoms with Crippen molar-refractivity contribution in [2.75, 3.05) is 13.7 Å². The first kappa shape index (κ1) is 24.7. The second-order valence-electron chi connectivity index (χ2n) is 8.97. The molecule has 1 N–H and O–H groups in total. The molecule has 0 atom stereocenters. The Morgan fingerprint density at radius 2 is 1.76 bits per heavy atom. The van der Waals surface area contributed by atoms with E-state index < -0.39 is 16.0 Å². The Kier molecular flexibility index (Phi) is 7.09. The molecule has 0 amide bonds. The van der Waals surface area contributed by atoms with Gasteiger partial charge in [0.2, 0.25) is 15.9 Å². The summed E-state index contributed by atoms with van der Waals surface area (Å²) in [6.07, 6.45) is 0.365. The molecule has 2 aromatic carbocycles. The number of nitrogens with one attached hydrogen (secondary N) is 1. The molecule has 0 aliphatic carbocycles. The zero-order chi connectivity index (χ0) is 24.4. The van der Waals surface area contributed by atoms with Crippen molar-refractivity contribution in [2.24, 2.45) is 0 Å². The van der Waals surface area contributed by atoms with Crippen LogP contribution in [0.4, 0.5) is 0 Å². The van der Waals surface area contributed by atoms with Gasteiger partial charge in [-0.25, -0.2) is 22.9 Å². The van der Waals surface area contributed by atoms with Crippen LogP contribution in [-0.2, 0) is 26.6 Å². The summed E-state index contributed by atoms with van der Waals surface area (Å²) in [5, 5.41) is 0. The summed E-state index contributed by atoms with van der Waals surface area (Å²) >= 11 is 0. The molecule has 1 aromatic heterocycles. The lowest BCUT2D eigenvalue weighted by Crippen LogP contribution is -2.26. The van der Waals surface area contributed by atoms with Gasteiger partial charge in [-0.3, -0.25) is 0 Å². The third kappa shape index (κ3) is 5.69. The first-order chi connectivity index (χ1) is 15.4. The van der Waals surface area contributed by atoms with E-state index in [0.717, 1.165) is 5.56 Å². The molecule has 0 bridgehead atoms. The average molecular weight is 471 g/mol. The van der Waals surface area contributed by atoms with Crippen molar-refractivity contribution in [2.45, 2.75) is 51.3 Å². The van der Waals surface area contributed by atoms with E-state index in [4.69, 9.17) is 9.15 Å². The van der Waals surface area contributed by atoms with Crippen LogP contribution in [0.1, 0.15) is 53.7 Å². The van der Waals surface area contributed by atoms with Crippen LogP contribution >= 0.6 is 0 Å². The molecule has 3 aromatic rings. The van der Waals surface area contributed by atoms with Gasteiger partial charge in [0.05, 0.1) is 23.3 Å². The number of sulfonamides is 1. The summed E-state index contributed by atoms with van der Waals surface area (Å²) in [6, 6.07) is 12.5. The van der Waals surface area contributed by atoms with Gasteiger partial charge in [0.25, 0.3) is 0 Å².